The topological polar surface area (TPSA) is 77.3 Å². The van der Waals surface area contributed by atoms with Crippen molar-refractivity contribution in [2.24, 2.45) is 0 Å². The van der Waals surface area contributed by atoms with Crippen molar-refractivity contribution in [3.8, 4) is 0 Å². The van der Waals surface area contributed by atoms with E-state index in [1.165, 1.54) is 19.9 Å². The summed E-state index contributed by atoms with van der Waals surface area (Å²) in [6.07, 6.45) is 0. The molecule has 0 aromatic heterocycles. The Bertz CT molecular complexity index is 418. The van der Waals surface area contributed by atoms with Crippen LogP contribution < -0.4 is 0 Å². The number of hydrogen-bond acceptors (Lipinski definition) is 4. The summed E-state index contributed by atoms with van der Waals surface area (Å²) in [4.78, 5) is 32.3. The van der Waals surface area contributed by atoms with Crippen molar-refractivity contribution >= 4 is 17.3 Å². The predicted molar refractivity (Wildman–Crippen MR) is 51.9 cm³/mol. The SMILES string of the molecule is CC(=O)c1[c]ccc([N+](=O)[O-])c1C(C)=O. The van der Waals surface area contributed by atoms with Gasteiger partial charge in [0.15, 0.2) is 11.6 Å². The molecule has 0 aliphatic carbocycles. The lowest BCUT2D eigenvalue weighted by atomic mass is 9.99. The van der Waals surface area contributed by atoms with Gasteiger partial charge in [0, 0.05) is 11.6 Å². The molecule has 1 rings (SSSR count). The highest BCUT2D eigenvalue weighted by Gasteiger charge is 2.22. The highest BCUT2D eigenvalue weighted by atomic mass is 16.6. The molecule has 5 nitrogen and oxygen atoms in total. The first kappa shape index (κ1) is 11.0. The van der Waals surface area contributed by atoms with E-state index >= 15 is 0 Å². The molecule has 77 valence electrons. The summed E-state index contributed by atoms with van der Waals surface area (Å²) in [5.74, 6) is -0.923. The van der Waals surface area contributed by atoms with E-state index in [2.05, 4.69) is 6.07 Å². The van der Waals surface area contributed by atoms with Gasteiger partial charge in [0.05, 0.1) is 4.92 Å². The van der Waals surface area contributed by atoms with Crippen LogP contribution in [-0.2, 0) is 0 Å². The van der Waals surface area contributed by atoms with E-state index in [9.17, 15) is 19.7 Å². The summed E-state index contributed by atoms with van der Waals surface area (Å²) in [5, 5.41) is 10.6. The third-order valence-electron chi connectivity index (χ3n) is 1.88. The Morgan fingerprint density at radius 2 is 1.93 bits per heavy atom. The molecule has 0 fully saturated rings. The zero-order valence-corrected chi connectivity index (χ0v) is 8.23. The summed E-state index contributed by atoms with van der Waals surface area (Å²) in [6, 6.07) is 4.96. The molecule has 0 saturated heterocycles. The van der Waals surface area contributed by atoms with Gasteiger partial charge in [-0.25, -0.2) is 0 Å². The molecule has 0 saturated carbocycles. The molecule has 0 unspecified atom stereocenters. The number of benzene rings is 1. The van der Waals surface area contributed by atoms with Crippen LogP contribution in [0.2, 0.25) is 0 Å². The molecule has 0 bridgehead atoms. The monoisotopic (exact) mass is 206 g/mol. The molecule has 0 amide bonds. The summed E-state index contributed by atoms with van der Waals surface area (Å²) < 4.78 is 0. The van der Waals surface area contributed by atoms with Crippen LogP contribution in [0.5, 0.6) is 0 Å². The number of nitrogens with zero attached hydrogens (tertiary/aromatic N) is 1. The molecule has 0 heterocycles. The smallest absolute Gasteiger partial charge is 0.280 e. The van der Waals surface area contributed by atoms with Gasteiger partial charge in [0.1, 0.15) is 5.56 Å². The van der Waals surface area contributed by atoms with E-state index in [4.69, 9.17) is 0 Å². The minimum absolute atomic E-state index is 0.0308. The number of Topliss-reactive ketones (excluding diaryl/α,β-unsaturated/α-hetero) is 2. The van der Waals surface area contributed by atoms with Gasteiger partial charge in [-0.05, 0) is 26.0 Å². The second-order valence-corrected chi connectivity index (χ2v) is 2.98. The molecule has 1 aromatic carbocycles. The van der Waals surface area contributed by atoms with E-state index < -0.39 is 16.5 Å². The van der Waals surface area contributed by atoms with Gasteiger partial charge in [0.25, 0.3) is 5.69 Å². The predicted octanol–water partition coefficient (Wildman–Crippen LogP) is 1.80. The molecule has 0 spiro atoms. The Hall–Kier alpha value is -2.04. The number of nitro groups is 1. The van der Waals surface area contributed by atoms with Gasteiger partial charge < -0.3 is 0 Å². The van der Waals surface area contributed by atoms with Crippen LogP contribution in [0.4, 0.5) is 5.69 Å². The Morgan fingerprint density at radius 3 is 2.33 bits per heavy atom. The maximum absolute atomic E-state index is 11.2. The number of nitro benzene ring substituents is 1. The van der Waals surface area contributed by atoms with Crippen LogP contribution in [0.3, 0.4) is 0 Å². The van der Waals surface area contributed by atoms with Crippen molar-refractivity contribution in [1.82, 2.24) is 0 Å². The van der Waals surface area contributed by atoms with Gasteiger partial charge in [-0.2, -0.15) is 0 Å². The lowest BCUT2D eigenvalue weighted by molar-refractivity contribution is -0.385. The summed E-state index contributed by atoms with van der Waals surface area (Å²) >= 11 is 0. The number of carbonyl (C=O) groups is 2. The maximum atomic E-state index is 11.2. The lowest BCUT2D eigenvalue weighted by Gasteiger charge is -2.03. The van der Waals surface area contributed by atoms with E-state index in [1.54, 1.807) is 0 Å². The minimum Gasteiger partial charge on any atom is -0.294 e. The highest BCUT2D eigenvalue weighted by Crippen LogP contribution is 2.22. The summed E-state index contributed by atoms with van der Waals surface area (Å²) in [5.41, 5.74) is -0.557. The maximum Gasteiger partial charge on any atom is 0.280 e. The lowest BCUT2D eigenvalue weighted by Crippen LogP contribution is -2.08. The van der Waals surface area contributed by atoms with E-state index in [-0.39, 0.29) is 16.8 Å². The van der Waals surface area contributed by atoms with Crippen LogP contribution >= 0.6 is 0 Å². The van der Waals surface area contributed by atoms with E-state index in [0.29, 0.717) is 0 Å². The molecular weight excluding hydrogens is 198 g/mol. The molecule has 1 radical (unpaired) electrons. The average Bonchev–Trinajstić information content (AvgIpc) is 2.16. The van der Waals surface area contributed by atoms with Crippen LogP contribution in [0.15, 0.2) is 12.1 Å². The van der Waals surface area contributed by atoms with Crippen molar-refractivity contribution in [2.75, 3.05) is 0 Å². The molecule has 1 aromatic rings. The first-order valence-electron chi connectivity index (χ1n) is 4.16. The molecule has 5 heteroatoms. The second kappa shape index (κ2) is 4.00. The molecule has 0 atom stereocenters. The minimum atomic E-state index is -0.684. The highest BCUT2D eigenvalue weighted by molar-refractivity contribution is 6.09. The number of hydrogen-bond donors (Lipinski definition) is 0. The number of carbonyl (C=O) groups excluding carboxylic acids is 2. The van der Waals surface area contributed by atoms with Gasteiger partial charge in [-0.3, -0.25) is 19.7 Å². The normalized spacial score (nSPS) is 9.73. The standard InChI is InChI=1S/C10H8NO4/c1-6(12)8-4-3-5-9(11(14)15)10(8)7(2)13/h3,5H,1-2H3. The summed E-state index contributed by atoms with van der Waals surface area (Å²) in [6.45, 7) is 2.42. The average molecular weight is 206 g/mol. The fourth-order valence-electron chi connectivity index (χ4n) is 1.27. The number of ketones is 2. The molecule has 0 N–H and O–H groups in total. The molecular formula is C10H8NO4. The van der Waals surface area contributed by atoms with Crippen molar-refractivity contribution in [1.29, 1.82) is 0 Å². The Morgan fingerprint density at radius 1 is 1.33 bits per heavy atom. The Kier molecular flexibility index (Phi) is 2.94. The van der Waals surface area contributed by atoms with Crippen LogP contribution in [0.1, 0.15) is 34.6 Å². The zero-order valence-electron chi connectivity index (χ0n) is 8.23. The Balaban J connectivity index is 3.56. The first-order valence-corrected chi connectivity index (χ1v) is 4.16. The Labute approximate surface area is 85.9 Å². The fourth-order valence-corrected chi connectivity index (χ4v) is 1.27. The van der Waals surface area contributed by atoms with E-state index in [1.807, 2.05) is 0 Å². The van der Waals surface area contributed by atoms with E-state index in [0.717, 1.165) is 6.07 Å². The third kappa shape index (κ3) is 2.07. The van der Waals surface area contributed by atoms with Crippen LogP contribution in [0.25, 0.3) is 0 Å². The molecule has 0 aliphatic rings. The zero-order chi connectivity index (χ0) is 11.6. The second-order valence-electron chi connectivity index (χ2n) is 2.98. The number of rotatable bonds is 3. The third-order valence-corrected chi connectivity index (χ3v) is 1.88. The van der Waals surface area contributed by atoms with Gasteiger partial charge in [-0.15, -0.1) is 0 Å². The first-order chi connectivity index (χ1) is 6.95. The van der Waals surface area contributed by atoms with Crippen LogP contribution in [-0.4, -0.2) is 16.5 Å². The largest absolute Gasteiger partial charge is 0.294 e. The summed E-state index contributed by atoms with van der Waals surface area (Å²) in [7, 11) is 0. The van der Waals surface area contributed by atoms with Crippen molar-refractivity contribution in [3.63, 3.8) is 0 Å². The molecule has 0 aliphatic heterocycles. The quantitative estimate of drug-likeness (QED) is 0.429. The van der Waals surface area contributed by atoms with Crippen molar-refractivity contribution < 1.29 is 14.5 Å². The van der Waals surface area contributed by atoms with Gasteiger partial charge >= 0.3 is 0 Å². The van der Waals surface area contributed by atoms with Gasteiger partial charge in [0.2, 0.25) is 0 Å². The van der Waals surface area contributed by atoms with Gasteiger partial charge in [-0.1, -0.05) is 0 Å². The fraction of sp³-hybridized carbons (Fsp3) is 0.200. The van der Waals surface area contributed by atoms with Crippen LogP contribution in [0, 0.1) is 16.2 Å². The van der Waals surface area contributed by atoms with Crippen molar-refractivity contribution in [3.05, 3.63) is 39.4 Å². The molecule has 15 heavy (non-hydrogen) atoms. The van der Waals surface area contributed by atoms with Crippen molar-refractivity contribution in [2.45, 2.75) is 13.8 Å².